The van der Waals surface area contributed by atoms with Crippen molar-refractivity contribution in [1.82, 2.24) is 5.32 Å². The highest BCUT2D eigenvalue weighted by Crippen LogP contribution is 2.00. The van der Waals surface area contributed by atoms with Gasteiger partial charge in [-0.1, -0.05) is 30.3 Å². The van der Waals surface area contributed by atoms with Crippen LogP contribution in [0.3, 0.4) is 0 Å². The third-order valence-corrected chi connectivity index (χ3v) is 2.66. The highest BCUT2D eigenvalue weighted by Gasteiger charge is 2.14. The second kappa shape index (κ2) is 11.4. The Hall–Kier alpha value is -3.14. The number of hydrogen-bond acceptors (Lipinski definition) is 6. The molecule has 0 aliphatic heterocycles. The number of ether oxygens (including phenoxy) is 1. The van der Waals surface area contributed by atoms with Crippen LogP contribution in [0.5, 0.6) is 0 Å². The topological polar surface area (TPSA) is 182 Å². The first-order chi connectivity index (χ1) is 11.6. The van der Waals surface area contributed by atoms with Gasteiger partial charge >= 0.3 is 18.0 Å². The third kappa shape index (κ3) is 11.1. The van der Waals surface area contributed by atoms with Gasteiger partial charge in [-0.15, -0.1) is 0 Å². The molecule has 0 saturated carbocycles. The summed E-state index contributed by atoms with van der Waals surface area (Å²) < 4.78 is 4.84. The smallest absolute Gasteiger partial charge is 0.408 e. The average Bonchev–Trinajstić information content (AvgIpc) is 2.53. The first-order valence-electron chi connectivity index (χ1n) is 7.10. The van der Waals surface area contributed by atoms with Crippen LogP contribution in [0.2, 0.25) is 0 Å². The molecule has 0 aliphatic rings. The SMILES string of the molecule is C[C@H](NC(=O)OCc1ccccc1)C(=O)O.NC(=O)C[C@H](N)C(=O)O. The van der Waals surface area contributed by atoms with E-state index in [9.17, 15) is 19.2 Å². The summed E-state index contributed by atoms with van der Waals surface area (Å²) >= 11 is 0. The molecule has 0 aliphatic carbocycles. The zero-order valence-corrected chi connectivity index (χ0v) is 13.5. The Kier molecular flexibility index (Phi) is 9.97. The second-order valence-electron chi connectivity index (χ2n) is 4.88. The van der Waals surface area contributed by atoms with Crippen LogP contribution in [0, 0.1) is 0 Å². The fourth-order valence-corrected chi connectivity index (χ4v) is 1.31. The highest BCUT2D eigenvalue weighted by atomic mass is 16.5. The lowest BCUT2D eigenvalue weighted by molar-refractivity contribution is -0.140. The van der Waals surface area contributed by atoms with E-state index in [1.54, 1.807) is 0 Å². The zero-order chi connectivity index (χ0) is 19.4. The van der Waals surface area contributed by atoms with E-state index in [0.29, 0.717) is 0 Å². The van der Waals surface area contributed by atoms with Crippen molar-refractivity contribution in [1.29, 1.82) is 0 Å². The maximum absolute atomic E-state index is 11.1. The van der Waals surface area contributed by atoms with Gasteiger partial charge in [-0.05, 0) is 12.5 Å². The molecule has 7 N–H and O–H groups in total. The molecule has 0 saturated heterocycles. The summed E-state index contributed by atoms with van der Waals surface area (Å²) in [4.78, 5) is 41.5. The van der Waals surface area contributed by atoms with Crippen molar-refractivity contribution in [2.24, 2.45) is 11.5 Å². The van der Waals surface area contributed by atoms with Crippen molar-refractivity contribution in [3.8, 4) is 0 Å². The van der Waals surface area contributed by atoms with Crippen LogP contribution < -0.4 is 16.8 Å². The predicted octanol–water partition coefficient (Wildman–Crippen LogP) is -0.340. The van der Waals surface area contributed by atoms with E-state index in [-0.39, 0.29) is 13.0 Å². The second-order valence-corrected chi connectivity index (χ2v) is 4.88. The molecule has 138 valence electrons. The van der Waals surface area contributed by atoms with Crippen LogP contribution in [0.15, 0.2) is 30.3 Å². The molecule has 10 heteroatoms. The molecule has 0 aromatic heterocycles. The molecule has 2 atom stereocenters. The Morgan fingerprint density at radius 3 is 2.08 bits per heavy atom. The van der Waals surface area contributed by atoms with Crippen molar-refractivity contribution in [2.45, 2.75) is 32.0 Å². The summed E-state index contributed by atoms with van der Waals surface area (Å²) in [5.41, 5.74) is 10.4. The fourth-order valence-electron chi connectivity index (χ4n) is 1.31. The monoisotopic (exact) mass is 355 g/mol. The Morgan fingerprint density at radius 2 is 1.68 bits per heavy atom. The highest BCUT2D eigenvalue weighted by molar-refractivity contribution is 5.83. The van der Waals surface area contributed by atoms with Crippen LogP contribution in [-0.4, -0.2) is 46.2 Å². The van der Waals surface area contributed by atoms with Gasteiger partial charge in [0.1, 0.15) is 18.7 Å². The number of carboxylic acids is 2. The minimum Gasteiger partial charge on any atom is -0.480 e. The van der Waals surface area contributed by atoms with Gasteiger partial charge in [0.25, 0.3) is 0 Å². The molecular formula is C15H21N3O7. The lowest BCUT2D eigenvalue weighted by Crippen LogP contribution is -2.38. The molecule has 10 nitrogen and oxygen atoms in total. The van der Waals surface area contributed by atoms with Crippen LogP contribution in [0.1, 0.15) is 18.9 Å². The molecule has 25 heavy (non-hydrogen) atoms. The number of primary amides is 1. The van der Waals surface area contributed by atoms with E-state index in [2.05, 4.69) is 11.1 Å². The number of alkyl carbamates (subject to hydrolysis) is 1. The lowest BCUT2D eigenvalue weighted by Gasteiger charge is -2.09. The largest absolute Gasteiger partial charge is 0.480 e. The van der Waals surface area contributed by atoms with Gasteiger partial charge in [-0.3, -0.25) is 14.4 Å². The number of carbonyl (C=O) groups is 4. The maximum atomic E-state index is 11.1. The first kappa shape index (κ1) is 21.9. The first-order valence-corrected chi connectivity index (χ1v) is 7.10. The summed E-state index contributed by atoms with van der Waals surface area (Å²) in [5, 5.41) is 18.8. The van der Waals surface area contributed by atoms with E-state index in [0.717, 1.165) is 5.56 Å². The van der Waals surface area contributed by atoms with Crippen LogP contribution in [0.4, 0.5) is 4.79 Å². The van der Waals surface area contributed by atoms with Crippen LogP contribution in [-0.2, 0) is 25.7 Å². The fraction of sp³-hybridized carbons (Fsp3) is 0.333. The minimum absolute atomic E-state index is 0.124. The zero-order valence-electron chi connectivity index (χ0n) is 13.5. The number of hydrogen-bond donors (Lipinski definition) is 5. The molecule has 0 unspecified atom stereocenters. The Morgan fingerprint density at radius 1 is 1.12 bits per heavy atom. The lowest BCUT2D eigenvalue weighted by atomic mass is 10.2. The molecule has 0 bridgehead atoms. The number of amides is 2. The molecular weight excluding hydrogens is 334 g/mol. The molecule has 1 rings (SSSR count). The Labute approximate surface area is 143 Å². The average molecular weight is 355 g/mol. The van der Waals surface area contributed by atoms with Gasteiger partial charge in [0.2, 0.25) is 5.91 Å². The van der Waals surface area contributed by atoms with Crippen molar-refractivity contribution in [3.63, 3.8) is 0 Å². The van der Waals surface area contributed by atoms with Gasteiger partial charge < -0.3 is 31.7 Å². The van der Waals surface area contributed by atoms with Crippen LogP contribution in [0.25, 0.3) is 0 Å². The summed E-state index contributed by atoms with van der Waals surface area (Å²) in [6, 6.07) is 7.02. The molecule has 2 amide bonds. The minimum atomic E-state index is -1.21. The van der Waals surface area contributed by atoms with E-state index in [1.165, 1.54) is 6.92 Å². The van der Waals surface area contributed by atoms with E-state index >= 15 is 0 Å². The number of aliphatic carboxylic acids is 2. The van der Waals surface area contributed by atoms with Crippen molar-refractivity contribution in [3.05, 3.63) is 35.9 Å². The normalized spacial score (nSPS) is 11.9. The van der Waals surface area contributed by atoms with Gasteiger partial charge in [-0.25, -0.2) is 4.79 Å². The summed E-state index contributed by atoms with van der Waals surface area (Å²) in [5.74, 6) is -3.02. The number of nitrogens with one attached hydrogen (secondary N) is 1. The molecule has 0 spiro atoms. The molecule has 1 aromatic rings. The number of carbonyl (C=O) groups excluding carboxylic acids is 2. The van der Waals surface area contributed by atoms with Gasteiger partial charge in [0.05, 0.1) is 6.42 Å². The van der Waals surface area contributed by atoms with Crippen molar-refractivity contribution in [2.75, 3.05) is 0 Å². The van der Waals surface area contributed by atoms with Gasteiger partial charge in [0.15, 0.2) is 0 Å². The van der Waals surface area contributed by atoms with Gasteiger partial charge in [0, 0.05) is 0 Å². The predicted molar refractivity (Wildman–Crippen MR) is 86.3 cm³/mol. The third-order valence-electron chi connectivity index (χ3n) is 2.66. The summed E-state index contributed by atoms with van der Waals surface area (Å²) in [6.07, 6.45) is -1.05. The quantitative estimate of drug-likeness (QED) is 0.440. The number of carboxylic acid groups (broad SMARTS) is 2. The Bertz CT molecular complexity index is 592. The van der Waals surface area contributed by atoms with E-state index in [1.807, 2.05) is 30.3 Å². The summed E-state index contributed by atoms with van der Waals surface area (Å²) in [6.45, 7) is 1.49. The van der Waals surface area contributed by atoms with Crippen molar-refractivity contribution >= 4 is 23.9 Å². The molecule has 0 radical (unpaired) electrons. The van der Waals surface area contributed by atoms with Crippen LogP contribution >= 0.6 is 0 Å². The summed E-state index contributed by atoms with van der Waals surface area (Å²) in [7, 11) is 0. The number of nitrogens with two attached hydrogens (primary N) is 2. The molecule has 0 fully saturated rings. The number of benzene rings is 1. The maximum Gasteiger partial charge on any atom is 0.408 e. The molecule has 1 aromatic carbocycles. The van der Waals surface area contributed by atoms with Gasteiger partial charge in [-0.2, -0.15) is 0 Å². The Balaban J connectivity index is 0.000000547. The standard InChI is InChI=1S/C11H13NO4.C4H8N2O3/c1-8(10(13)14)12-11(15)16-7-9-5-3-2-4-6-9;5-2(4(8)9)1-3(6)7/h2-6,8H,7H2,1H3,(H,12,15)(H,13,14);2H,1,5H2,(H2,6,7)(H,8,9)/t8-;2-/m00/s1. The number of rotatable bonds is 7. The van der Waals surface area contributed by atoms with Crippen molar-refractivity contribution < 1.29 is 34.1 Å². The van der Waals surface area contributed by atoms with E-state index < -0.39 is 36.0 Å². The van der Waals surface area contributed by atoms with E-state index in [4.69, 9.17) is 20.7 Å². The molecule has 0 heterocycles.